The van der Waals surface area contributed by atoms with Gasteiger partial charge in [0.15, 0.2) is 0 Å². The van der Waals surface area contributed by atoms with E-state index >= 15 is 0 Å². The van der Waals surface area contributed by atoms with E-state index in [0.29, 0.717) is 5.56 Å². The fourth-order valence-electron chi connectivity index (χ4n) is 2.08. The minimum atomic E-state index is -3.77. The lowest BCUT2D eigenvalue weighted by Crippen LogP contribution is -2.09. The molecule has 130 valence electrons. The fourth-order valence-corrected chi connectivity index (χ4v) is 3.60. The zero-order chi connectivity index (χ0) is 17.1. The van der Waals surface area contributed by atoms with E-state index < -0.39 is 13.1 Å². The van der Waals surface area contributed by atoms with E-state index in [-0.39, 0.29) is 13.2 Å². The van der Waals surface area contributed by atoms with E-state index in [2.05, 4.69) is 13.8 Å². The topological polar surface area (TPSA) is 52.6 Å². The van der Waals surface area contributed by atoms with Gasteiger partial charge in [-0.05, 0) is 19.8 Å². The van der Waals surface area contributed by atoms with Crippen LogP contribution in [0, 0.1) is 6.92 Å². The average molecular weight is 340 g/mol. The standard InChI is InChI=1S/C18H29O4P/c1-4-6-8-14-21-23(20,22-15-9-7-5-2)18(19)17-12-10-16(3)11-13-17/h10-13H,4-9,14-15H2,1-3H3. The summed E-state index contributed by atoms with van der Waals surface area (Å²) in [5.74, 6) is 0. The molecule has 0 amide bonds. The highest BCUT2D eigenvalue weighted by Crippen LogP contribution is 2.51. The van der Waals surface area contributed by atoms with E-state index in [4.69, 9.17) is 9.05 Å². The smallest absolute Gasteiger partial charge is 0.303 e. The first-order chi connectivity index (χ1) is 11.0. The van der Waals surface area contributed by atoms with Crippen molar-refractivity contribution >= 4 is 13.1 Å². The largest absolute Gasteiger partial charge is 0.401 e. The van der Waals surface area contributed by atoms with Crippen molar-refractivity contribution < 1.29 is 18.4 Å². The monoisotopic (exact) mass is 340 g/mol. The van der Waals surface area contributed by atoms with Gasteiger partial charge in [-0.1, -0.05) is 69.4 Å². The number of carbonyl (C=O) groups excluding carboxylic acids is 1. The summed E-state index contributed by atoms with van der Waals surface area (Å²) in [5.41, 5.74) is 0.888. The Morgan fingerprint density at radius 1 is 0.913 bits per heavy atom. The van der Waals surface area contributed by atoms with Gasteiger partial charge in [0.25, 0.3) is 5.52 Å². The van der Waals surface area contributed by atoms with Crippen LogP contribution in [0.15, 0.2) is 24.3 Å². The summed E-state index contributed by atoms with van der Waals surface area (Å²) in [4.78, 5) is 12.6. The predicted molar refractivity (Wildman–Crippen MR) is 94.1 cm³/mol. The first-order valence-electron chi connectivity index (χ1n) is 8.54. The zero-order valence-electron chi connectivity index (χ0n) is 14.5. The maximum atomic E-state index is 12.9. The second kappa shape index (κ2) is 10.7. The van der Waals surface area contributed by atoms with Crippen molar-refractivity contribution in [2.24, 2.45) is 0 Å². The van der Waals surface area contributed by atoms with Crippen molar-refractivity contribution in [3.05, 3.63) is 35.4 Å². The van der Waals surface area contributed by atoms with Crippen molar-refractivity contribution in [2.75, 3.05) is 13.2 Å². The van der Waals surface area contributed by atoms with Gasteiger partial charge in [-0.3, -0.25) is 9.36 Å². The molecule has 1 aromatic rings. The molecule has 0 N–H and O–H groups in total. The van der Waals surface area contributed by atoms with Crippen LogP contribution in [-0.4, -0.2) is 18.7 Å². The van der Waals surface area contributed by atoms with Gasteiger partial charge < -0.3 is 9.05 Å². The molecule has 0 bridgehead atoms. The van der Waals surface area contributed by atoms with Crippen LogP contribution in [0.25, 0.3) is 0 Å². The van der Waals surface area contributed by atoms with Crippen LogP contribution >= 0.6 is 7.60 Å². The molecule has 1 aromatic carbocycles. The summed E-state index contributed by atoms with van der Waals surface area (Å²) < 4.78 is 23.8. The normalized spacial score (nSPS) is 11.6. The van der Waals surface area contributed by atoms with Crippen molar-refractivity contribution in [1.82, 2.24) is 0 Å². The highest BCUT2D eigenvalue weighted by molar-refractivity contribution is 7.72. The third kappa shape index (κ3) is 6.99. The van der Waals surface area contributed by atoms with Crippen LogP contribution in [0.5, 0.6) is 0 Å². The third-order valence-electron chi connectivity index (χ3n) is 3.57. The van der Waals surface area contributed by atoms with Gasteiger partial charge in [-0.2, -0.15) is 0 Å². The van der Waals surface area contributed by atoms with Crippen molar-refractivity contribution in [1.29, 1.82) is 0 Å². The third-order valence-corrected chi connectivity index (χ3v) is 5.37. The van der Waals surface area contributed by atoms with Gasteiger partial charge in [-0.15, -0.1) is 0 Å². The SMILES string of the molecule is CCCCCOP(=O)(OCCCCC)C(=O)c1ccc(C)cc1. The van der Waals surface area contributed by atoms with E-state index in [9.17, 15) is 9.36 Å². The summed E-state index contributed by atoms with van der Waals surface area (Å²) in [6, 6.07) is 7.00. The molecule has 0 spiro atoms. The van der Waals surface area contributed by atoms with Gasteiger partial charge in [0.05, 0.1) is 13.2 Å². The zero-order valence-corrected chi connectivity index (χ0v) is 15.4. The molecule has 0 unspecified atom stereocenters. The summed E-state index contributed by atoms with van der Waals surface area (Å²) in [6.45, 7) is 6.68. The molecule has 0 aliphatic rings. The van der Waals surface area contributed by atoms with Crippen molar-refractivity contribution in [2.45, 2.75) is 59.3 Å². The van der Waals surface area contributed by atoms with Gasteiger partial charge in [0.1, 0.15) is 0 Å². The quantitative estimate of drug-likeness (QED) is 0.359. The highest BCUT2D eigenvalue weighted by atomic mass is 31.2. The molecule has 0 heterocycles. The molecule has 0 atom stereocenters. The minimum absolute atomic E-state index is 0.288. The molecular weight excluding hydrogens is 311 g/mol. The average Bonchev–Trinajstić information content (AvgIpc) is 2.56. The minimum Gasteiger partial charge on any atom is -0.303 e. The molecular formula is C18H29O4P. The lowest BCUT2D eigenvalue weighted by molar-refractivity contribution is 0.0991. The molecule has 5 heteroatoms. The Balaban J connectivity index is 2.77. The molecule has 0 saturated heterocycles. The molecule has 1 rings (SSSR count). The Labute approximate surface area is 140 Å². The van der Waals surface area contributed by atoms with E-state index in [1.54, 1.807) is 12.1 Å². The van der Waals surface area contributed by atoms with Crippen LogP contribution in [0.1, 0.15) is 68.3 Å². The van der Waals surface area contributed by atoms with Crippen LogP contribution in [0.2, 0.25) is 0 Å². The Bertz CT molecular complexity index is 494. The lowest BCUT2D eigenvalue weighted by atomic mass is 10.2. The highest BCUT2D eigenvalue weighted by Gasteiger charge is 2.35. The number of carbonyl (C=O) groups is 1. The number of rotatable bonds is 12. The van der Waals surface area contributed by atoms with E-state index in [1.807, 2.05) is 19.1 Å². The molecule has 0 aliphatic carbocycles. The molecule has 0 aromatic heterocycles. The Morgan fingerprint density at radius 2 is 1.39 bits per heavy atom. The Morgan fingerprint density at radius 3 is 1.83 bits per heavy atom. The van der Waals surface area contributed by atoms with Crippen LogP contribution in [-0.2, 0) is 13.6 Å². The second-order valence-electron chi connectivity index (χ2n) is 5.75. The maximum absolute atomic E-state index is 12.9. The molecule has 0 fully saturated rings. The first-order valence-corrected chi connectivity index (χ1v) is 10.1. The number of benzene rings is 1. The Hall–Kier alpha value is -0.960. The molecule has 4 nitrogen and oxygen atoms in total. The summed E-state index contributed by atoms with van der Waals surface area (Å²) in [6.07, 6.45) is 5.59. The lowest BCUT2D eigenvalue weighted by Gasteiger charge is -2.17. The molecule has 0 saturated carbocycles. The molecule has 0 radical (unpaired) electrons. The number of hydrogen-bond acceptors (Lipinski definition) is 4. The fraction of sp³-hybridized carbons (Fsp3) is 0.611. The van der Waals surface area contributed by atoms with Crippen molar-refractivity contribution in [3.8, 4) is 0 Å². The first kappa shape index (κ1) is 20.1. The molecule has 0 aliphatic heterocycles. The van der Waals surface area contributed by atoms with Gasteiger partial charge in [0, 0.05) is 5.56 Å². The van der Waals surface area contributed by atoms with Gasteiger partial charge in [0.2, 0.25) is 0 Å². The van der Waals surface area contributed by atoms with Gasteiger partial charge in [-0.25, -0.2) is 0 Å². The number of unbranched alkanes of at least 4 members (excludes halogenated alkanes) is 4. The summed E-state index contributed by atoms with van der Waals surface area (Å²) in [5, 5.41) is 0. The number of aryl methyl sites for hydroxylation is 1. The maximum Gasteiger partial charge on any atom is 0.401 e. The van der Waals surface area contributed by atoms with Crippen LogP contribution in [0.3, 0.4) is 0 Å². The summed E-state index contributed by atoms with van der Waals surface area (Å²) in [7, 11) is -3.77. The van der Waals surface area contributed by atoms with Crippen molar-refractivity contribution in [3.63, 3.8) is 0 Å². The van der Waals surface area contributed by atoms with Crippen LogP contribution < -0.4 is 0 Å². The van der Waals surface area contributed by atoms with E-state index in [0.717, 1.165) is 44.1 Å². The van der Waals surface area contributed by atoms with Crippen LogP contribution in [0.4, 0.5) is 0 Å². The van der Waals surface area contributed by atoms with Gasteiger partial charge >= 0.3 is 7.60 Å². The molecule has 23 heavy (non-hydrogen) atoms. The summed E-state index contributed by atoms with van der Waals surface area (Å²) >= 11 is 0. The Kier molecular flexibility index (Phi) is 9.39. The van der Waals surface area contributed by atoms with E-state index in [1.165, 1.54) is 0 Å². The predicted octanol–water partition coefficient (Wildman–Crippen LogP) is 5.74. The second-order valence-corrected chi connectivity index (χ2v) is 7.67. The number of hydrogen-bond donors (Lipinski definition) is 0.